The van der Waals surface area contributed by atoms with E-state index in [9.17, 15) is 9.59 Å². The van der Waals surface area contributed by atoms with E-state index >= 15 is 0 Å². The lowest BCUT2D eigenvalue weighted by Crippen LogP contribution is -2.52. The second-order valence-corrected chi connectivity index (χ2v) is 9.01. The molecule has 4 rings (SSSR count). The Morgan fingerprint density at radius 2 is 2.03 bits per heavy atom. The van der Waals surface area contributed by atoms with Crippen molar-refractivity contribution in [2.75, 3.05) is 11.9 Å². The minimum Gasteiger partial charge on any atom is -0.464 e. The number of nitrogens with one attached hydrogen (secondary N) is 2. The highest BCUT2D eigenvalue weighted by Gasteiger charge is 2.52. The van der Waals surface area contributed by atoms with Gasteiger partial charge in [-0.05, 0) is 61.9 Å². The molecule has 2 aliphatic rings. The number of carbonyl (C=O) groups excluding carboxylic acids is 2. The van der Waals surface area contributed by atoms with Gasteiger partial charge in [-0.15, -0.1) is 0 Å². The second-order valence-electron chi connectivity index (χ2n) is 8.57. The van der Waals surface area contributed by atoms with E-state index in [1.54, 1.807) is 6.92 Å². The van der Waals surface area contributed by atoms with Gasteiger partial charge in [0, 0.05) is 22.2 Å². The van der Waals surface area contributed by atoms with Crippen LogP contribution in [0.2, 0.25) is 5.02 Å². The molecule has 0 saturated heterocycles. The maximum Gasteiger partial charge on any atom is 0.408 e. The average molecular weight is 469 g/mol. The third-order valence-electron chi connectivity index (χ3n) is 6.59. The van der Waals surface area contributed by atoms with E-state index < -0.39 is 23.5 Å². The van der Waals surface area contributed by atoms with E-state index in [0.717, 1.165) is 41.6 Å². The molecule has 3 atom stereocenters. The van der Waals surface area contributed by atoms with Gasteiger partial charge in [0.1, 0.15) is 12.6 Å². The van der Waals surface area contributed by atoms with Gasteiger partial charge in [-0.1, -0.05) is 54.1 Å². The Kier molecular flexibility index (Phi) is 6.94. The van der Waals surface area contributed by atoms with Gasteiger partial charge in [0.25, 0.3) is 0 Å². The summed E-state index contributed by atoms with van der Waals surface area (Å²) >= 11 is 6.36. The average Bonchev–Trinajstić information content (AvgIpc) is 3.13. The van der Waals surface area contributed by atoms with Crippen LogP contribution in [0.5, 0.6) is 0 Å². The smallest absolute Gasteiger partial charge is 0.408 e. The maximum absolute atomic E-state index is 12.9. The van der Waals surface area contributed by atoms with Crippen molar-refractivity contribution in [1.82, 2.24) is 5.32 Å². The molecule has 6 nitrogen and oxygen atoms in total. The highest BCUT2D eigenvalue weighted by molar-refractivity contribution is 6.30. The molecule has 2 aromatic rings. The summed E-state index contributed by atoms with van der Waals surface area (Å²) in [5.74, 6) is -0.490. The molecule has 174 valence electrons. The first-order valence-corrected chi connectivity index (χ1v) is 11.7. The van der Waals surface area contributed by atoms with Crippen LogP contribution >= 0.6 is 11.6 Å². The Morgan fingerprint density at radius 1 is 1.24 bits per heavy atom. The minimum absolute atomic E-state index is 0.0614. The quantitative estimate of drug-likeness (QED) is 0.422. The Labute approximate surface area is 199 Å². The van der Waals surface area contributed by atoms with E-state index in [1.165, 1.54) is 0 Å². The van der Waals surface area contributed by atoms with Crippen molar-refractivity contribution >= 4 is 29.4 Å². The molecule has 1 heterocycles. The predicted molar refractivity (Wildman–Crippen MR) is 128 cm³/mol. The molecule has 1 aliphatic heterocycles. The largest absolute Gasteiger partial charge is 0.464 e. The Morgan fingerprint density at radius 3 is 2.79 bits per heavy atom. The van der Waals surface area contributed by atoms with E-state index in [-0.39, 0.29) is 19.3 Å². The van der Waals surface area contributed by atoms with E-state index in [1.807, 2.05) is 48.5 Å². The van der Waals surface area contributed by atoms with Crippen LogP contribution in [-0.4, -0.2) is 30.8 Å². The number of amides is 1. The highest BCUT2D eigenvalue weighted by atomic mass is 35.5. The number of hydrogen-bond donors (Lipinski definition) is 2. The highest BCUT2D eigenvalue weighted by Crippen LogP contribution is 2.54. The predicted octanol–water partition coefficient (Wildman–Crippen LogP) is 5.36. The number of benzene rings is 2. The van der Waals surface area contributed by atoms with Gasteiger partial charge in [-0.3, -0.25) is 0 Å². The minimum atomic E-state index is -0.891. The Hall–Kier alpha value is -2.99. The number of halogens is 1. The van der Waals surface area contributed by atoms with Crippen molar-refractivity contribution in [2.45, 2.75) is 56.7 Å². The van der Waals surface area contributed by atoms with Gasteiger partial charge < -0.3 is 20.1 Å². The monoisotopic (exact) mass is 468 g/mol. The molecule has 0 unspecified atom stereocenters. The molecule has 33 heavy (non-hydrogen) atoms. The fourth-order valence-corrected chi connectivity index (χ4v) is 5.24. The van der Waals surface area contributed by atoms with Crippen LogP contribution in [-0.2, 0) is 26.3 Å². The van der Waals surface area contributed by atoms with Gasteiger partial charge in [0.05, 0.1) is 6.61 Å². The molecule has 1 amide bonds. The summed E-state index contributed by atoms with van der Waals surface area (Å²) in [5, 5.41) is 6.97. The van der Waals surface area contributed by atoms with Crippen molar-refractivity contribution in [3.05, 3.63) is 76.8 Å². The van der Waals surface area contributed by atoms with Crippen LogP contribution in [0.1, 0.15) is 43.7 Å². The van der Waals surface area contributed by atoms with E-state index in [0.29, 0.717) is 11.4 Å². The first kappa shape index (κ1) is 23.2. The first-order valence-electron chi connectivity index (χ1n) is 11.3. The summed E-state index contributed by atoms with van der Waals surface area (Å²) in [6, 6.07) is 14.3. The Bertz CT molecular complexity index is 1040. The molecule has 2 N–H and O–H groups in total. The second kappa shape index (κ2) is 9.87. The van der Waals surface area contributed by atoms with Crippen LogP contribution < -0.4 is 10.6 Å². The summed E-state index contributed by atoms with van der Waals surface area (Å²) in [5.41, 5.74) is 3.35. The zero-order chi connectivity index (χ0) is 23.4. The van der Waals surface area contributed by atoms with Gasteiger partial charge in [0.2, 0.25) is 0 Å². The SMILES string of the molecule is C=C1CCC[C@@H]2Nc3ccc(Cl)cc3[C@]12C[C@@H](NC(=O)OCc1ccccc1)C(=O)OCC. The summed E-state index contributed by atoms with van der Waals surface area (Å²) in [6.45, 7) is 6.47. The van der Waals surface area contributed by atoms with Crippen molar-refractivity contribution in [1.29, 1.82) is 0 Å². The lowest BCUT2D eigenvalue weighted by molar-refractivity contribution is -0.146. The normalized spacial score (nSPS) is 21.9. The van der Waals surface area contributed by atoms with Crippen molar-refractivity contribution in [3.8, 4) is 0 Å². The third kappa shape index (κ3) is 4.71. The van der Waals surface area contributed by atoms with Crippen LogP contribution in [0.25, 0.3) is 0 Å². The zero-order valence-electron chi connectivity index (χ0n) is 18.7. The number of esters is 1. The number of fused-ring (bicyclic) bond motifs is 3. The number of anilines is 1. The molecular formula is C26H29ClN2O4. The van der Waals surface area contributed by atoms with E-state index in [2.05, 4.69) is 17.2 Å². The van der Waals surface area contributed by atoms with Gasteiger partial charge in [-0.2, -0.15) is 0 Å². The standard InChI is InChI=1S/C26H29ClN2O4/c1-3-32-24(30)22(29-25(31)33-16-18-9-5-4-6-10-18)15-26-17(2)8-7-11-23(26)28-21-13-12-19(27)14-20(21)26/h4-6,9-10,12-14,22-23,28H,2-3,7-8,11,15-16H2,1H3,(H,29,31)/t22-,23+,26+/m1/s1. The molecule has 1 fully saturated rings. The number of alkyl carbamates (subject to hydrolysis) is 1. The number of rotatable bonds is 7. The lowest BCUT2D eigenvalue weighted by Gasteiger charge is -2.43. The van der Waals surface area contributed by atoms with Gasteiger partial charge in [-0.25, -0.2) is 9.59 Å². The van der Waals surface area contributed by atoms with Crippen LogP contribution in [0, 0.1) is 0 Å². The number of carbonyl (C=O) groups is 2. The summed E-state index contributed by atoms with van der Waals surface area (Å²) in [7, 11) is 0. The molecule has 1 saturated carbocycles. The lowest BCUT2D eigenvalue weighted by atomic mass is 9.62. The van der Waals surface area contributed by atoms with Crippen LogP contribution in [0.4, 0.5) is 10.5 Å². The molecule has 7 heteroatoms. The van der Waals surface area contributed by atoms with Crippen molar-refractivity contribution in [2.24, 2.45) is 0 Å². The van der Waals surface area contributed by atoms with Gasteiger partial charge >= 0.3 is 12.1 Å². The van der Waals surface area contributed by atoms with Crippen LogP contribution in [0.15, 0.2) is 60.7 Å². The topological polar surface area (TPSA) is 76.7 Å². The first-order chi connectivity index (χ1) is 15.9. The van der Waals surface area contributed by atoms with Crippen molar-refractivity contribution < 1.29 is 19.1 Å². The van der Waals surface area contributed by atoms with Gasteiger partial charge in [0.15, 0.2) is 0 Å². The summed E-state index contributed by atoms with van der Waals surface area (Å²) in [4.78, 5) is 25.6. The zero-order valence-corrected chi connectivity index (χ0v) is 19.5. The molecule has 0 spiro atoms. The van der Waals surface area contributed by atoms with E-state index in [4.69, 9.17) is 21.1 Å². The fraction of sp³-hybridized carbons (Fsp3) is 0.385. The summed E-state index contributed by atoms with van der Waals surface area (Å²) < 4.78 is 10.7. The molecule has 1 aliphatic carbocycles. The molecule has 0 bridgehead atoms. The third-order valence-corrected chi connectivity index (χ3v) is 6.83. The summed E-state index contributed by atoms with van der Waals surface area (Å²) in [6.07, 6.45) is 2.44. The van der Waals surface area contributed by atoms with Crippen LogP contribution in [0.3, 0.4) is 0 Å². The molecule has 2 aromatic carbocycles. The molecule has 0 radical (unpaired) electrons. The molecule has 0 aromatic heterocycles. The number of hydrogen-bond acceptors (Lipinski definition) is 5. The molecular weight excluding hydrogens is 440 g/mol. The Balaban J connectivity index is 1.59. The fourth-order valence-electron chi connectivity index (χ4n) is 5.07. The number of ether oxygens (including phenoxy) is 2. The maximum atomic E-state index is 12.9. The van der Waals surface area contributed by atoms with Crippen molar-refractivity contribution in [3.63, 3.8) is 0 Å².